The van der Waals surface area contributed by atoms with E-state index in [9.17, 15) is 9.59 Å². The number of allylic oxidation sites excluding steroid dienone is 2. The number of aromatic amines is 1. The van der Waals surface area contributed by atoms with E-state index in [1.54, 1.807) is 0 Å². The molecule has 0 unspecified atom stereocenters. The molecule has 0 bridgehead atoms. The molecule has 2 aromatic carbocycles. The van der Waals surface area contributed by atoms with Gasteiger partial charge >= 0.3 is 12.2 Å². The Bertz CT molecular complexity index is 2160. The number of carbonyl (C=O) groups is 2. The number of hydrogen-bond donors (Lipinski definition) is 1. The van der Waals surface area contributed by atoms with Crippen molar-refractivity contribution in [2.75, 3.05) is 13.1 Å². The normalized spacial score (nSPS) is 22.9. The van der Waals surface area contributed by atoms with Crippen molar-refractivity contribution in [2.24, 2.45) is 10.9 Å². The highest BCUT2D eigenvalue weighted by Gasteiger charge is 2.42. The van der Waals surface area contributed by atoms with Crippen LogP contribution in [-0.4, -0.2) is 68.0 Å². The standard InChI is InChI=1S/C45H53N5O6/c1-44(2,3)55-42(51)49-15-7-9-32(49)31-21-30(38(46-31)24-11-12-24)26-17-28-22-54-35-20-27(18-29-23-53-34(19-26)36(28)37(29)35)40-39(25-13-14-25)47-41(48-40)33-10-8-16-50(33)43(52)56-45(4,5)6/h17-20,24-25,32-33H,7-16,21-23H2,1-6H3,(H,47,48)/t32-,33-/m0/s1. The van der Waals surface area contributed by atoms with Gasteiger partial charge in [0.1, 0.15) is 41.7 Å². The van der Waals surface area contributed by atoms with Crippen LogP contribution in [0.2, 0.25) is 0 Å². The molecule has 7 aliphatic rings. The maximum Gasteiger partial charge on any atom is 0.410 e. The van der Waals surface area contributed by atoms with E-state index in [1.807, 2.05) is 51.3 Å². The van der Waals surface area contributed by atoms with Gasteiger partial charge in [-0.3, -0.25) is 14.8 Å². The van der Waals surface area contributed by atoms with Crippen LogP contribution in [0.15, 0.2) is 35.0 Å². The third-order valence-corrected chi connectivity index (χ3v) is 12.1. The molecule has 2 aliphatic carbocycles. The Kier molecular flexibility index (Phi) is 8.18. The van der Waals surface area contributed by atoms with Crippen molar-refractivity contribution in [2.45, 2.75) is 142 Å². The molecule has 5 aliphatic heterocycles. The minimum Gasteiger partial charge on any atom is -0.488 e. The van der Waals surface area contributed by atoms with E-state index >= 15 is 0 Å². The number of hydrogen-bond acceptors (Lipinski definition) is 8. The van der Waals surface area contributed by atoms with Crippen LogP contribution in [0, 0.1) is 5.92 Å². The number of carbonyl (C=O) groups excluding carboxylic acids is 2. The van der Waals surface area contributed by atoms with E-state index < -0.39 is 11.2 Å². The van der Waals surface area contributed by atoms with Gasteiger partial charge in [-0.1, -0.05) is 0 Å². The summed E-state index contributed by atoms with van der Waals surface area (Å²) < 4.78 is 24.8. The van der Waals surface area contributed by atoms with Crippen LogP contribution in [0.5, 0.6) is 11.5 Å². The lowest BCUT2D eigenvalue weighted by molar-refractivity contribution is 0.0216. The summed E-state index contributed by atoms with van der Waals surface area (Å²) in [5.41, 5.74) is 11.1. The van der Waals surface area contributed by atoms with E-state index in [4.69, 9.17) is 28.9 Å². The molecule has 4 fully saturated rings. The topological polar surface area (TPSA) is 119 Å². The number of nitrogens with one attached hydrogen (secondary N) is 1. The quantitative estimate of drug-likeness (QED) is 0.266. The lowest BCUT2D eigenvalue weighted by Gasteiger charge is -2.31. The molecule has 3 aromatic rings. The summed E-state index contributed by atoms with van der Waals surface area (Å²) >= 11 is 0. The fraction of sp³-hybridized carbons (Fsp3) is 0.556. The Morgan fingerprint density at radius 1 is 0.732 bits per heavy atom. The van der Waals surface area contributed by atoms with Crippen molar-refractivity contribution in [3.63, 3.8) is 0 Å². The van der Waals surface area contributed by atoms with Crippen LogP contribution in [0.25, 0.3) is 28.0 Å². The third kappa shape index (κ3) is 6.44. The summed E-state index contributed by atoms with van der Waals surface area (Å²) in [5, 5.41) is 0. The number of benzene rings is 2. The van der Waals surface area contributed by atoms with Crippen molar-refractivity contribution < 1.29 is 28.5 Å². The molecule has 2 atom stereocenters. The number of rotatable bonds is 6. The molecule has 2 saturated heterocycles. The van der Waals surface area contributed by atoms with Gasteiger partial charge in [-0.15, -0.1) is 0 Å². The number of aliphatic imine (C=N–C) groups is 1. The molecule has 0 radical (unpaired) electrons. The molecule has 6 heterocycles. The van der Waals surface area contributed by atoms with E-state index in [0.29, 0.717) is 38.1 Å². The fourth-order valence-corrected chi connectivity index (χ4v) is 9.35. The monoisotopic (exact) mass is 759 g/mol. The first kappa shape index (κ1) is 35.6. The van der Waals surface area contributed by atoms with Crippen molar-refractivity contribution in [3.05, 3.63) is 58.2 Å². The number of aromatic nitrogens is 2. The molecule has 0 spiro atoms. The Hall–Kier alpha value is -4.80. The highest BCUT2D eigenvalue weighted by atomic mass is 16.6. The second-order valence-electron chi connectivity index (χ2n) is 18.8. The Labute approximate surface area is 328 Å². The number of ether oxygens (including phenoxy) is 4. The lowest BCUT2D eigenvalue weighted by Crippen LogP contribution is -2.43. The minimum absolute atomic E-state index is 0.0385. The zero-order valence-corrected chi connectivity index (χ0v) is 33.5. The molecule has 294 valence electrons. The van der Waals surface area contributed by atoms with Gasteiger partial charge in [0.25, 0.3) is 0 Å². The van der Waals surface area contributed by atoms with Crippen LogP contribution < -0.4 is 9.47 Å². The number of nitrogens with zero attached hydrogens (tertiary/aromatic N) is 4. The van der Waals surface area contributed by atoms with Gasteiger partial charge in [-0.05, 0) is 128 Å². The van der Waals surface area contributed by atoms with Gasteiger partial charge < -0.3 is 23.9 Å². The van der Waals surface area contributed by atoms with Crippen LogP contribution in [0.1, 0.15) is 139 Å². The predicted molar refractivity (Wildman–Crippen MR) is 213 cm³/mol. The average Bonchev–Trinajstić information content (AvgIpc) is 3.90. The zero-order valence-electron chi connectivity index (χ0n) is 33.5. The highest BCUT2D eigenvalue weighted by Crippen LogP contribution is 2.53. The van der Waals surface area contributed by atoms with Gasteiger partial charge in [-0.2, -0.15) is 0 Å². The zero-order chi connectivity index (χ0) is 38.7. The molecular formula is C45H53N5O6. The minimum atomic E-state index is -0.558. The summed E-state index contributed by atoms with van der Waals surface area (Å²) in [6.45, 7) is 13.7. The number of imidazole rings is 1. The first-order valence-corrected chi connectivity index (χ1v) is 20.8. The first-order chi connectivity index (χ1) is 26.8. The second kappa shape index (κ2) is 12.9. The summed E-state index contributed by atoms with van der Waals surface area (Å²) in [6.07, 6.45) is 8.36. The van der Waals surface area contributed by atoms with Crippen molar-refractivity contribution >= 4 is 23.5 Å². The number of likely N-dealkylation sites (tertiary alicyclic amines) is 2. The Morgan fingerprint density at radius 3 is 1.88 bits per heavy atom. The lowest BCUT2D eigenvalue weighted by atomic mass is 9.86. The van der Waals surface area contributed by atoms with E-state index in [0.717, 1.165) is 126 Å². The maximum absolute atomic E-state index is 13.2. The molecule has 56 heavy (non-hydrogen) atoms. The van der Waals surface area contributed by atoms with Crippen LogP contribution in [0.4, 0.5) is 9.59 Å². The molecule has 10 rings (SSSR count). The van der Waals surface area contributed by atoms with Gasteiger partial charge in [0, 0.05) is 76.3 Å². The maximum atomic E-state index is 13.2. The van der Waals surface area contributed by atoms with Gasteiger partial charge in [0.15, 0.2) is 0 Å². The molecule has 11 heteroatoms. The van der Waals surface area contributed by atoms with E-state index in [1.165, 1.54) is 11.3 Å². The third-order valence-electron chi connectivity index (χ3n) is 12.1. The van der Waals surface area contributed by atoms with Gasteiger partial charge in [-0.25, -0.2) is 14.6 Å². The van der Waals surface area contributed by atoms with Gasteiger partial charge in [0.2, 0.25) is 0 Å². The molecule has 1 N–H and O–H groups in total. The van der Waals surface area contributed by atoms with Crippen molar-refractivity contribution in [3.8, 4) is 33.9 Å². The largest absolute Gasteiger partial charge is 0.488 e. The summed E-state index contributed by atoms with van der Waals surface area (Å²) in [4.78, 5) is 44.4. The summed E-state index contributed by atoms with van der Waals surface area (Å²) in [5.74, 6) is 3.48. The molecule has 11 nitrogen and oxygen atoms in total. The molecular weight excluding hydrogens is 707 g/mol. The van der Waals surface area contributed by atoms with Crippen LogP contribution in [0.3, 0.4) is 0 Å². The number of amides is 2. The fourth-order valence-electron chi connectivity index (χ4n) is 9.35. The molecule has 2 saturated carbocycles. The van der Waals surface area contributed by atoms with Crippen LogP contribution in [-0.2, 0) is 22.7 Å². The smallest absolute Gasteiger partial charge is 0.410 e. The molecule has 2 amide bonds. The number of H-pyrrole nitrogens is 1. The summed E-state index contributed by atoms with van der Waals surface area (Å²) in [6, 6.07) is 8.69. The van der Waals surface area contributed by atoms with Crippen LogP contribution >= 0.6 is 0 Å². The molecule has 1 aromatic heterocycles. The van der Waals surface area contributed by atoms with E-state index in [2.05, 4.69) is 29.2 Å². The Morgan fingerprint density at radius 2 is 1.29 bits per heavy atom. The average molecular weight is 760 g/mol. The van der Waals surface area contributed by atoms with E-state index in [-0.39, 0.29) is 24.3 Å². The second-order valence-corrected chi connectivity index (χ2v) is 18.8. The predicted octanol–water partition coefficient (Wildman–Crippen LogP) is 9.84. The Balaban J connectivity index is 0.946. The van der Waals surface area contributed by atoms with Gasteiger partial charge in [0.05, 0.1) is 17.8 Å². The summed E-state index contributed by atoms with van der Waals surface area (Å²) in [7, 11) is 0. The first-order valence-electron chi connectivity index (χ1n) is 20.8. The van der Waals surface area contributed by atoms with Crippen molar-refractivity contribution in [1.82, 2.24) is 19.8 Å². The van der Waals surface area contributed by atoms with Crippen molar-refractivity contribution in [1.29, 1.82) is 0 Å². The highest BCUT2D eigenvalue weighted by molar-refractivity contribution is 6.05. The SMILES string of the molecule is CC(C)(C)OC(=O)N1CCC[C@H]1C1=NC(C2CC2)=C(c2cc3c4c(c2)OCc2cc(-c5nc([C@@H]6CCCN6C(=O)OC(C)(C)C)[nH]c5C5CC5)cc(c2-4)OC3)C1.